The van der Waals surface area contributed by atoms with E-state index in [1.54, 1.807) is 292 Å². The first-order valence-electron chi connectivity index (χ1n) is 24.0. The molecule has 0 spiro atoms. The number of hydrogen-bond acceptors (Lipinski definition) is 2. The van der Waals surface area contributed by atoms with Crippen LogP contribution in [0.2, 0.25) is 0 Å². The van der Waals surface area contributed by atoms with E-state index in [4.69, 9.17) is 9.47 Å². The first-order chi connectivity index (χ1) is 31.9. The molecule has 2 heteroatoms. The molecule has 4 atom stereocenters. The molecule has 0 saturated heterocycles. The molecule has 268 valence electrons. The van der Waals surface area contributed by atoms with E-state index in [1.807, 2.05) is 0 Å². The molecule has 4 unspecified atom stereocenters. The Morgan fingerprint density at radius 1 is 0.188 bits per heavy atom. The third-order valence-electron chi connectivity index (χ3n) is 24.3. The van der Waals surface area contributed by atoms with Gasteiger partial charge >= 0.3 is 0 Å². The summed E-state index contributed by atoms with van der Waals surface area (Å²) >= 11 is 0. The summed E-state index contributed by atoms with van der Waals surface area (Å²) in [6.07, 6.45) is 0. The minimum atomic E-state index is -0.598. The van der Waals surface area contributed by atoms with E-state index in [0.717, 1.165) is 0 Å². The summed E-state index contributed by atoms with van der Waals surface area (Å²) in [5.41, 5.74) is 8.27. The van der Waals surface area contributed by atoms with Crippen LogP contribution in [0.4, 0.5) is 0 Å². The van der Waals surface area contributed by atoms with Crippen LogP contribution < -0.4 is 0 Å². The quantitative estimate of drug-likeness (QED) is 0.163. The van der Waals surface area contributed by atoms with Crippen molar-refractivity contribution in [3.8, 4) is 0 Å². The lowest BCUT2D eigenvalue weighted by molar-refractivity contribution is -0.0765. The summed E-state index contributed by atoms with van der Waals surface area (Å²) in [5.74, 6) is 0.265. The van der Waals surface area contributed by atoms with Crippen LogP contribution in [-0.4, -0.2) is 14.2 Å². The Balaban J connectivity index is 1.29. The fraction of sp³-hybridized carbons (Fsp3) is 0.0968. The largest absolute Gasteiger partial charge is 0.368 e. The highest BCUT2D eigenvalue weighted by atomic mass is 16.5. The molecule has 32 rings (SSSR count). The molecule has 0 aromatic heterocycles. The number of ether oxygens (including phenoxy) is 2. The average Bonchev–Trinajstić information content (AvgIpc) is 4.15. The maximum atomic E-state index is 7.85. The number of hydrogen-bond donors (Lipinski definition) is 0. The SMILES string of the molecule is COC12c3c4c5c6c7c8c9c%10c%11c(c%12c%13c1c1c3c3c5c5c%14c6c6c8c8c9c9c%11c%11c%12c%12c%13c%13c1c1c3c5c3c5c1c%13c1c%12c%12c%11c9c9c8c8c6c%14c3c3c8c9c%12c1c53)C2C%10C47OC. The van der Waals surface area contributed by atoms with E-state index in [2.05, 4.69) is 14.2 Å². The second-order valence-corrected chi connectivity index (χ2v) is 23.9. The van der Waals surface area contributed by atoms with Gasteiger partial charge in [0.2, 0.25) is 0 Å². The molecule has 0 N–H and O–H groups in total. The fourth-order valence-electron chi connectivity index (χ4n) is 24.4. The monoisotopic (exact) mass is 784 g/mol. The van der Waals surface area contributed by atoms with E-state index >= 15 is 0 Å². The van der Waals surface area contributed by atoms with Crippen molar-refractivity contribution in [2.45, 2.75) is 23.0 Å². The van der Waals surface area contributed by atoms with Gasteiger partial charge in [0.25, 0.3) is 0 Å². The molecule has 0 amide bonds. The predicted octanol–water partition coefficient (Wildman–Crippen LogP) is 16.1. The van der Waals surface area contributed by atoms with Gasteiger partial charge in [0.1, 0.15) is 11.2 Å². The molecule has 0 bridgehead atoms. The van der Waals surface area contributed by atoms with E-state index in [-0.39, 0.29) is 11.8 Å². The minimum Gasteiger partial charge on any atom is -0.368 e. The zero-order valence-corrected chi connectivity index (χ0v) is 33.0. The van der Waals surface area contributed by atoms with Gasteiger partial charge < -0.3 is 9.47 Å². The molecule has 0 heterocycles. The molecule has 6 aliphatic carbocycles. The highest BCUT2D eigenvalue weighted by Gasteiger charge is 2.73. The minimum absolute atomic E-state index is 0.132. The third-order valence-corrected chi connectivity index (χ3v) is 24.3. The first-order valence-corrected chi connectivity index (χ1v) is 24.0. The number of methoxy groups -OCH3 is 2. The molecule has 6 aliphatic rings. The molecule has 26 aromatic rings. The van der Waals surface area contributed by atoms with Crippen molar-refractivity contribution in [3.63, 3.8) is 0 Å². The van der Waals surface area contributed by atoms with Crippen LogP contribution in [0.1, 0.15) is 45.2 Å². The lowest BCUT2D eigenvalue weighted by atomic mass is 9.54. The summed E-state index contributed by atoms with van der Waals surface area (Å²) in [6, 6.07) is 0. The molecule has 64 heavy (non-hydrogen) atoms. The summed E-state index contributed by atoms with van der Waals surface area (Å²) < 4.78 is 15.7. The van der Waals surface area contributed by atoms with Crippen LogP contribution in [0.5, 0.6) is 0 Å². The van der Waals surface area contributed by atoms with Crippen molar-refractivity contribution in [1.82, 2.24) is 0 Å². The normalized spacial score (nSPS) is 25.6. The Hall–Kier alpha value is -7.36. The standard InChI is InChI=1S/C62H8O2/c1-63-61-55-47-38-31-18-11-5-6-8-4-3-7(5)16(18)22-20-9(3)13-10(4)21-23-17(8)19-12(6)15-14(11)25-33-26(15)35-32(19)39-37(23)41-28(21)30-24(13)29-27(20)40(36(22)38)51(55)53-42(29)43(30)54-52(41)56-48(39)45(35)50-46(33)49(44(47)34(25)31)57(61)58(50)62(56,64-2)60(54)59(53)61/h57-58H,1-2H3. The van der Waals surface area contributed by atoms with Crippen molar-refractivity contribution in [2.75, 3.05) is 14.2 Å². The zero-order chi connectivity index (χ0) is 37.9. The maximum Gasteiger partial charge on any atom is 0.128 e. The molecular formula is C62H8O2. The smallest absolute Gasteiger partial charge is 0.128 e. The fourth-order valence-corrected chi connectivity index (χ4v) is 24.4. The molecule has 2 nitrogen and oxygen atoms in total. The van der Waals surface area contributed by atoms with E-state index in [1.165, 1.54) is 11.1 Å². The molecule has 0 fully saturated rings. The van der Waals surface area contributed by atoms with Gasteiger partial charge in [-0.3, -0.25) is 0 Å². The third kappa shape index (κ3) is 1.14. The molecule has 0 radical (unpaired) electrons. The summed E-state index contributed by atoms with van der Waals surface area (Å²) in [5, 5.41) is 81.0. The van der Waals surface area contributed by atoms with Gasteiger partial charge in [0.15, 0.2) is 0 Å². The van der Waals surface area contributed by atoms with E-state index < -0.39 is 11.2 Å². The lowest BCUT2D eigenvalue weighted by Crippen LogP contribution is -2.52. The Morgan fingerprint density at radius 2 is 0.344 bits per heavy atom. The Bertz CT molecular complexity index is 6530. The van der Waals surface area contributed by atoms with Crippen molar-refractivity contribution >= 4 is 269 Å². The highest BCUT2D eigenvalue weighted by molar-refractivity contribution is 6.80. The summed E-state index contributed by atoms with van der Waals surface area (Å²) in [7, 11) is 4.28. The zero-order valence-electron chi connectivity index (χ0n) is 33.0. The van der Waals surface area contributed by atoms with Crippen molar-refractivity contribution in [1.29, 1.82) is 0 Å². The molecular weight excluding hydrogens is 777 g/mol. The van der Waals surface area contributed by atoms with Crippen molar-refractivity contribution in [3.05, 3.63) is 33.4 Å². The second kappa shape index (κ2) is 5.09. The second-order valence-electron chi connectivity index (χ2n) is 23.9. The van der Waals surface area contributed by atoms with Gasteiger partial charge in [-0.25, -0.2) is 0 Å². The predicted molar refractivity (Wildman–Crippen MR) is 265 cm³/mol. The number of benzene rings is 17. The Morgan fingerprint density at radius 3 is 0.562 bits per heavy atom. The molecule has 26 aromatic carbocycles. The van der Waals surface area contributed by atoms with Gasteiger partial charge in [0, 0.05) is 48.3 Å². The van der Waals surface area contributed by atoms with E-state index in [9.17, 15) is 0 Å². The van der Waals surface area contributed by atoms with E-state index in [0.29, 0.717) is 0 Å². The van der Waals surface area contributed by atoms with Gasteiger partial charge in [-0.15, -0.1) is 0 Å². The average molecular weight is 785 g/mol. The van der Waals surface area contributed by atoms with Gasteiger partial charge in [0.05, 0.1) is 0 Å². The first kappa shape index (κ1) is 23.4. The van der Waals surface area contributed by atoms with Crippen LogP contribution in [0.15, 0.2) is 0 Å². The topological polar surface area (TPSA) is 18.5 Å². The lowest BCUT2D eigenvalue weighted by Gasteiger charge is -2.55. The number of rotatable bonds is 2. The maximum absolute atomic E-state index is 7.85. The van der Waals surface area contributed by atoms with Crippen LogP contribution in [0.25, 0.3) is 269 Å². The van der Waals surface area contributed by atoms with Crippen LogP contribution in [-0.2, 0) is 20.7 Å². The highest BCUT2D eigenvalue weighted by Crippen LogP contribution is 2.87. The molecule has 0 saturated carbocycles. The van der Waals surface area contributed by atoms with Gasteiger partial charge in [-0.1, -0.05) is 0 Å². The Labute approximate surface area is 347 Å². The van der Waals surface area contributed by atoms with Crippen LogP contribution >= 0.6 is 0 Å². The summed E-state index contributed by atoms with van der Waals surface area (Å²) in [6.45, 7) is 0. The summed E-state index contributed by atoms with van der Waals surface area (Å²) in [4.78, 5) is 0. The van der Waals surface area contributed by atoms with Gasteiger partial charge in [-0.05, 0) is 280 Å². The van der Waals surface area contributed by atoms with Gasteiger partial charge in [-0.2, -0.15) is 0 Å². The molecule has 0 aliphatic heterocycles. The van der Waals surface area contributed by atoms with Crippen molar-refractivity contribution in [2.24, 2.45) is 0 Å². The Kier molecular flexibility index (Phi) is 1.86. The van der Waals surface area contributed by atoms with Crippen LogP contribution in [0.3, 0.4) is 0 Å². The van der Waals surface area contributed by atoms with Crippen LogP contribution in [0, 0.1) is 0 Å². The van der Waals surface area contributed by atoms with Crippen molar-refractivity contribution < 1.29 is 9.47 Å².